The number of anilines is 2. The van der Waals surface area contributed by atoms with Crippen molar-refractivity contribution in [2.75, 3.05) is 43.1 Å². The highest BCUT2D eigenvalue weighted by atomic mass is 16.5. The second kappa shape index (κ2) is 9.15. The average molecular weight is 340 g/mol. The van der Waals surface area contributed by atoms with Crippen molar-refractivity contribution < 1.29 is 9.53 Å². The zero-order valence-electron chi connectivity index (χ0n) is 14.3. The smallest absolute Gasteiger partial charge is 0.225 e. The standard InChI is InChI=1S/C19H24N4O2/c24-19(7-9-21-15-16-4-3-8-20-14-16)22-17-5-1-2-6-18(17)23-10-12-25-13-11-23/h1-6,8,14,21H,7,9-13,15H2,(H,22,24). The van der Waals surface area contributed by atoms with Crippen molar-refractivity contribution in [3.63, 3.8) is 0 Å². The van der Waals surface area contributed by atoms with Gasteiger partial charge in [0.2, 0.25) is 5.91 Å². The summed E-state index contributed by atoms with van der Waals surface area (Å²) in [6.45, 7) is 4.48. The lowest BCUT2D eigenvalue weighted by Gasteiger charge is -2.30. The third kappa shape index (κ3) is 5.27. The number of nitrogens with one attached hydrogen (secondary N) is 2. The van der Waals surface area contributed by atoms with Crippen LogP contribution < -0.4 is 15.5 Å². The van der Waals surface area contributed by atoms with Crippen LogP contribution in [0.4, 0.5) is 11.4 Å². The van der Waals surface area contributed by atoms with E-state index in [0.717, 1.165) is 43.2 Å². The number of para-hydroxylation sites is 2. The molecule has 1 aliphatic rings. The van der Waals surface area contributed by atoms with Gasteiger partial charge in [-0.3, -0.25) is 9.78 Å². The Labute approximate surface area is 148 Å². The lowest BCUT2D eigenvalue weighted by atomic mass is 10.2. The van der Waals surface area contributed by atoms with Crippen LogP contribution in [0.15, 0.2) is 48.8 Å². The molecule has 6 heteroatoms. The minimum atomic E-state index is 0.0133. The minimum absolute atomic E-state index is 0.0133. The van der Waals surface area contributed by atoms with Crippen molar-refractivity contribution in [2.24, 2.45) is 0 Å². The maximum absolute atomic E-state index is 12.3. The Kier molecular flexibility index (Phi) is 6.36. The first-order chi connectivity index (χ1) is 12.3. The van der Waals surface area contributed by atoms with Gasteiger partial charge in [0.25, 0.3) is 0 Å². The van der Waals surface area contributed by atoms with Crippen molar-refractivity contribution in [3.05, 3.63) is 54.4 Å². The van der Waals surface area contributed by atoms with E-state index in [1.807, 2.05) is 42.6 Å². The molecule has 1 aromatic carbocycles. The molecule has 0 aliphatic carbocycles. The van der Waals surface area contributed by atoms with E-state index < -0.39 is 0 Å². The summed E-state index contributed by atoms with van der Waals surface area (Å²) in [5, 5.41) is 6.30. The zero-order chi connectivity index (χ0) is 17.3. The Morgan fingerprint density at radius 2 is 2.00 bits per heavy atom. The molecule has 1 saturated heterocycles. The number of aromatic nitrogens is 1. The number of hydrogen-bond donors (Lipinski definition) is 2. The summed E-state index contributed by atoms with van der Waals surface area (Å²) in [6.07, 6.45) is 4.01. The largest absolute Gasteiger partial charge is 0.378 e. The molecule has 3 rings (SSSR count). The summed E-state index contributed by atoms with van der Waals surface area (Å²) in [5.41, 5.74) is 3.03. The third-order valence-electron chi connectivity index (χ3n) is 4.11. The number of hydrogen-bond acceptors (Lipinski definition) is 5. The van der Waals surface area contributed by atoms with Crippen LogP contribution in [0.5, 0.6) is 0 Å². The van der Waals surface area contributed by atoms with E-state index in [2.05, 4.69) is 20.5 Å². The number of ether oxygens (including phenoxy) is 1. The molecule has 0 atom stereocenters. The van der Waals surface area contributed by atoms with Crippen molar-refractivity contribution >= 4 is 17.3 Å². The van der Waals surface area contributed by atoms with E-state index in [-0.39, 0.29) is 5.91 Å². The highest BCUT2D eigenvalue weighted by Gasteiger charge is 2.15. The van der Waals surface area contributed by atoms with Gasteiger partial charge in [-0.05, 0) is 23.8 Å². The molecular weight excluding hydrogens is 316 g/mol. The topological polar surface area (TPSA) is 66.5 Å². The van der Waals surface area contributed by atoms with Crippen molar-refractivity contribution in [3.8, 4) is 0 Å². The summed E-state index contributed by atoms with van der Waals surface area (Å²) in [7, 11) is 0. The quantitative estimate of drug-likeness (QED) is 0.755. The molecule has 0 bridgehead atoms. The lowest BCUT2D eigenvalue weighted by Crippen LogP contribution is -2.36. The second-order valence-corrected chi connectivity index (χ2v) is 5.95. The van der Waals surface area contributed by atoms with Crippen LogP contribution in [0.1, 0.15) is 12.0 Å². The molecule has 1 fully saturated rings. The van der Waals surface area contributed by atoms with Crippen LogP contribution in [0.2, 0.25) is 0 Å². The summed E-state index contributed by atoms with van der Waals surface area (Å²) in [4.78, 5) is 18.6. The monoisotopic (exact) mass is 340 g/mol. The molecule has 132 valence electrons. The number of amides is 1. The normalized spacial score (nSPS) is 14.3. The van der Waals surface area contributed by atoms with Gasteiger partial charge in [-0.25, -0.2) is 0 Å². The SMILES string of the molecule is O=C(CCNCc1cccnc1)Nc1ccccc1N1CCOCC1. The predicted octanol–water partition coefficient (Wildman–Crippen LogP) is 2.04. The van der Waals surface area contributed by atoms with Crippen molar-refractivity contribution in [2.45, 2.75) is 13.0 Å². The Morgan fingerprint density at radius 3 is 2.80 bits per heavy atom. The number of pyridine rings is 1. The molecule has 1 amide bonds. The zero-order valence-corrected chi connectivity index (χ0v) is 14.3. The number of carbonyl (C=O) groups excluding carboxylic acids is 1. The molecule has 2 N–H and O–H groups in total. The van der Waals surface area contributed by atoms with Gasteiger partial charge in [0, 0.05) is 45.0 Å². The Morgan fingerprint density at radius 1 is 1.16 bits per heavy atom. The van der Waals surface area contributed by atoms with E-state index in [9.17, 15) is 4.79 Å². The molecule has 0 unspecified atom stereocenters. The van der Waals surface area contributed by atoms with Gasteiger partial charge in [-0.2, -0.15) is 0 Å². The summed E-state index contributed by atoms with van der Waals surface area (Å²) >= 11 is 0. The van der Waals surface area contributed by atoms with Gasteiger partial charge in [0.1, 0.15) is 0 Å². The molecule has 0 spiro atoms. The summed E-state index contributed by atoms with van der Waals surface area (Å²) in [5.74, 6) is 0.0133. The van der Waals surface area contributed by atoms with Crippen LogP contribution in [0.25, 0.3) is 0 Å². The van der Waals surface area contributed by atoms with Gasteiger partial charge >= 0.3 is 0 Å². The molecule has 0 radical (unpaired) electrons. The van der Waals surface area contributed by atoms with Crippen molar-refractivity contribution in [1.29, 1.82) is 0 Å². The number of benzene rings is 1. The fourth-order valence-electron chi connectivity index (χ4n) is 2.81. The summed E-state index contributed by atoms with van der Waals surface area (Å²) in [6, 6.07) is 11.9. The Hall–Kier alpha value is -2.44. The third-order valence-corrected chi connectivity index (χ3v) is 4.11. The summed E-state index contributed by atoms with van der Waals surface area (Å²) < 4.78 is 5.40. The maximum Gasteiger partial charge on any atom is 0.225 e. The van der Waals surface area contributed by atoms with Gasteiger partial charge in [0.15, 0.2) is 0 Å². The first kappa shape index (κ1) is 17.4. The van der Waals surface area contributed by atoms with Crippen LogP contribution in [0, 0.1) is 0 Å². The van der Waals surface area contributed by atoms with E-state index in [4.69, 9.17) is 4.74 Å². The molecular formula is C19H24N4O2. The van der Waals surface area contributed by atoms with Crippen LogP contribution in [0.3, 0.4) is 0 Å². The Balaban J connectivity index is 1.47. The maximum atomic E-state index is 12.3. The average Bonchev–Trinajstić information content (AvgIpc) is 2.67. The fraction of sp³-hybridized carbons (Fsp3) is 0.368. The highest BCUT2D eigenvalue weighted by Crippen LogP contribution is 2.26. The van der Waals surface area contributed by atoms with E-state index >= 15 is 0 Å². The molecule has 2 aromatic rings. The van der Waals surface area contributed by atoms with E-state index in [0.29, 0.717) is 19.5 Å². The van der Waals surface area contributed by atoms with Crippen LogP contribution >= 0.6 is 0 Å². The van der Waals surface area contributed by atoms with Gasteiger partial charge < -0.3 is 20.3 Å². The van der Waals surface area contributed by atoms with Crippen LogP contribution in [-0.2, 0) is 16.1 Å². The van der Waals surface area contributed by atoms with Gasteiger partial charge in [-0.1, -0.05) is 18.2 Å². The Bertz CT molecular complexity index is 672. The molecule has 1 aliphatic heterocycles. The van der Waals surface area contributed by atoms with Crippen molar-refractivity contribution in [1.82, 2.24) is 10.3 Å². The molecule has 2 heterocycles. The molecule has 0 saturated carbocycles. The number of nitrogens with zero attached hydrogens (tertiary/aromatic N) is 2. The fourth-order valence-corrected chi connectivity index (χ4v) is 2.81. The molecule has 6 nitrogen and oxygen atoms in total. The number of carbonyl (C=O) groups is 1. The van der Waals surface area contributed by atoms with Crippen LogP contribution in [-0.4, -0.2) is 43.7 Å². The first-order valence-electron chi connectivity index (χ1n) is 8.64. The minimum Gasteiger partial charge on any atom is -0.378 e. The van der Waals surface area contributed by atoms with Gasteiger partial charge in [-0.15, -0.1) is 0 Å². The molecule has 25 heavy (non-hydrogen) atoms. The van der Waals surface area contributed by atoms with E-state index in [1.54, 1.807) is 6.20 Å². The second-order valence-electron chi connectivity index (χ2n) is 5.95. The predicted molar refractivity (Wildman–Crippen MR) is 98.7 cm³/mol. The number of morpholine rings is 1. The highest BCUT2D eigenvalue weighted by molar-refractivity contribution is 5.94. The van der Waals surface area contributed by atoms with Gasteiger partial charge in [0.05, 0.1) is 24.6 Å². The molecule has 1 aromatic heterocycles. The lowest BCUT2D eigenvalue weighted by molar-refractivity contribution is -0.116. The first-order valence-corrected chi connectivity index (χ1v) is 8.64. The number of rotatable bonds is 7. The van der Waals surface area contributed by atoms with E-state index in [1.165, 1.54) is 0 Å².